The molecule has 0 aliphatic rings. The van der Waals surface area contributed by atoms with E-state index in [1.54, 1.807) is 5.38 Å². The minimum atomic E-state index is -0.461. The first-order valence-electron chi connectivity index (χ1n) is 11.4. The molecule has 10 nitrogen and oxygen atoms in total. The molecule has 0 radical (unpaired) electrons. The molecule has 11 heteroatoms. The van der Waals surface area contributed by atoms with Gasteiger partial charge in [-0.05, 0) is 36.6 Å². The Hall–Kier alpha value is -3.44. The number of carbonyl (C=O) groups is 1. The molecule has 0 aliphatic heterocycles. The fraction of sp³-hybridized carbons (Fsp3) is 0.417. The normalized spacial score (nSPS) is 10.8. The van der Waals surface area contributed by atoms with E-state index in [9.17, 15) is 4.79 Å². The summed E-state index contributed by atoms with van der Waals surface area (Å²) in [5, 5.41) is 11.0. The summed E-state index contributed by atoms with van der Waals surface area (Å²) < 4.78 is 16.7. The minimum absolute atomic E-state index is 0.170. The third kappa shape index (κ3) is 6.80. The van der Waals surface area contributed by atoms with E-state index in [1.165, 1.54) is 31.1 Å². The van der Waals surface area contributed by atoms with Crippen LogP contribution in [0.15, 0.2) is 23.6 Å². The topological polar surface area (TPSA) is 120 Å². The summed E-state index contributed by atoms with van der Waals surface area (Å²) in [4.78, 5) is 25.9. The molecule has 0 spiro atoms. The minimum Gasteiger partial charge on any atom is -0.479 e. The van der Waals surface area contributed by atoms with Crippen LogP contribution in [0.4, 0.5) is 11.6 Å². The molecule has 0 atom stereocenters. The Balaban J connectivity index is 1.75. The monoisotopic (exact) mass is 500 g/mol. The molecule has 3 rings (SSSR count). The highest BCUT2D eigenvalue weighted by atomic mass is 32.1. The fourth-order valence-corrected chi connectivity index (χ4v) is 3.77. The maximum absolute atomic E-state index is 12.9. The van der Waals surface area contributed by atoms with Gasteiger partial charge < -0.3 is 30.2 Å². The summed E-state index contributed by atoms with van der Waals surface area (Å²) in [5.41, 5.74) is 2.56. The molecule has 0 saturated heterocycles. The fourth-order valence-electron chi connectivity index (χ4n) is 3.11. The van der Waals surface area contributed by atoms with Gasteiger partial charge in [-0.2, -0.15) is 15.0 Å². The van der Waals surface area contributed by atoms with Crippen molar-refractivity contribution in [3.05, 3.63) is 40.4 Å². The van der Waals surface area contributed by atoms with Crippen LogP contribution in [0.3, 0.4) is 0 Å². The van der Waals surface area contributed by atoms with E-state index in [1.807, 2.05) is 26.0 Å². The molecular formula is C24H32N6O4S. The second-order valence-corrected chi connectivity index (χ2v) is 8.78. The highest BCUT2D eigenvalue weighted by Gasteiger charge is 2.21. The molecule has 0 bridgehead atoms. The number of benzene rings is 1. The zero-order valence-corrected chi connectivity index (χ0v) is 21.7. The number of thiazole rings is 1. The number of nitrogens with one attached hydrogen (secondary N) is 3. The van der Waals surface area contributed by atoms with E-state index in [0.29, 0.717) is 29.4 Å². The van der Waals surface area contributed by atoms with Crippen LogP contribution in [-0.4, -0.2) is 54.7 Å². The number of aryl methyl sites for hydroxylation is 1. The number of likely N-dealkylation sites (N-methyl/N-ethyl adjacent to an activating group) is 1. The lowest BCUT2D eigenvalue weighted by Crippen LogP contribution is -2.22. The van der Waals surface area contributed by atoms with E-state index in [2.05, 4.69) is 50.8 Å². The number of ether oxygens (including phenoxy) is 3. The van der Waals surface area contributed by atoms with Gasteiger partial charge in [-0.15, -0.1) is 0 Å². The van der Waals surface area contributed by atoms with Gasteiger partial charge in [0.15, 0.2) is 5.69 Å². The smallest absolute Gasteiger partial charge is 0.279 e. The molecule has 3 aromatic rings. The van der Waals surface area contributed by atoms with Gasteiger partial charge in [-0.1, -0.05) is 44.2 Å². The summed E-state index contributed by atoms with van der Waals surface area (Å²) in [5.74, 6) is 1.30. The molecule has 0 unspecified atom stereocenters. The lowest BCUT2D eigenvalue weighted by Gasteiger charge is -2.14. The lowest BCUT2D eigenvalue weighted by atomic mass is 10.0. The van der Waals surface area contributed by atoms with Crippen molar-refractivity contribution in [2.75, 3.05) is 44.5 Å². The van der Waals surface area contributed by atoms with Crippen LogP contribution in [0, 0.1) is 6.92 Å². The third-order valence-corrected chi connectivity index (χ3v) is 5.81. The quantitative estimate of drug-likeness (QED) is 0.310. The molecule has 1 amide bonds. The van der Waals surface area contributed by atoms with Crippen LogP contribution in [0.25, 0.3) is 0 Å². The SMILES string of the molecule is CCNCCNc1nc(OC)c(NC(=O)c2csc(Oc3cc(C(C)C)ccc3C)n2)c(OC)n1. The lowest BCUT2D eigenvalue weighted by molar-refractivity contribution is 0.102. The highest BCUT2D eigenvalue weighted by molar-refractivity contribution is 7.11. The van der Waals surface area contributed by atoms with Crippen molar-refractivity contribution in [3.63, 3.8) is 0 Å². The van der Waals surface area contributed by atoms with E-state index in [4.69, 9.17) is 14.2 Å². The molecule has 1 aromatic carbocycles. The number of amides is 1. The Bertz CT molecular complexity index is 1130. The van der Waals surface area contributed by atoms with Gasteiger partial charge in [-0.25, -0.2) is 0 Å². The van der Waals surface area contributed by atoms with E-state index >= 15 is 0 Å². The van der Waals surface area contributed by atoms with E-state index < -0.39 is 5.91 Å². The van der Waals surface area contributed by atoms with Crippen LogP contribution in [0.2, 0.25) is 0 Å². The van der Waals surface area contributed by atoms with Crippen molar-refractivity contribution in [2.45, 2.75) is 33.6 Å². The third-order valence-electron chi connectivity index (χ3n) is 5.09. The van der Waals surface area contributed by atoms with E-state index in [0.717, 1.165) is 18.7 Å². The second kappa shape index (κ2) is 12.3. The van der Waals surface area contributed by atoms with Crippen LogP contribution in [0.1, 0.15) is 48.3 Å². The summed E-state index contributed by atoms with van der Waals surface area (Å²) in [6.45, 7) is 10.5. The van der Waals surface area contributed by atoms with E-state index in [-0.39, 0.29) is 23.1 Å². The van der Waals surface area contributed by atoms with Gasteiger partial charge in [-0.3, -0.25) is 4.79 Å². The Kier molecular flexibility index (Phi) is 9.21. The molecule has 0 fully saturated rings. The van der Waals surface area contributed by atoms with Gasteiger partial charge in [0.1, 0.15) is 11.4 Å². The number of anilines is 2. The molecule has 0 aliphatic carbocycles. The Morgan fingerprint density at radius 3 is 2.43 bits per heavy atom. The first-order chi connectivity index (χ1) is 16.9. The maximum atomic E-state index is 12.9. The Morgan fingerprint density at radius 1 is 1.09 bits per heavy atom. The molecule has 3 N–H and O–H groups in total. The number of rotatable bonds is 12. The molecule has 0 saturated carbocycles. The Labute approximate surface area is 209 Å². The van der Waals surface area contributed by atoms with Crippen LogP contribution >= 0.6 is 11.3 Å². The zero-order chi connectivity index (χ0) is 25.4. The molecule has 35 heavy (non-hydrogen) atoms. The highest BCUT2D eigenvalue weighted by Crippen LogP contribution is 2.34. The maximum Gasteiger partial charge on any atom is 0.279 e. The number of nitrogens with zero attached hydrogens (tertiary/aromatic N) is 3. The van der Waals surface area contributed by atoms with Gasteiger partial charge in [0.05, 0.1) is 14.2 Å². The summed E-state index contributed by atoms with van der Waals surface area (Å²) >= 11 is 1.24. The molecular weight excluding hydrogens is 468 g/mol. The van der Waals surface area contributed by atoms with Crippen LogP contribution in [0.5, 0.6) is 22.7 Å². The number of hydrogen-bond acceptors (Lipinski definition) is 10. The van der Waals surface area contributed by atoms with Crippen molar-refractivity contribution in [1.29, 1.82) is 0 Å². The van der Waals surface area contributed by atoms with Gasteiger partial charge >= 0.3 is 0 Å². The predicted octanol–water partition coefficient (Wildman–Crippen LogP) is 4.45. The average Bonchev–Trinajstić information content (AvgIpc) is 3.32. The van der Waals surface area contributed by atoms with Gasteiger partial charge in [0.25, 0.3) is 11.1 Å². The van der Waals surface area contributed by atoms with Crippen molar-refractivity contribution >= 4 is 28.9 Å². The summed E-state index contributed by atoms with van der Waals surface area (Å²) in [6, 6.07) is 6.10. The predicted molar refractivity (Wildman–Crippen MR) is 138 cm³/mol. The van der Waals surface area contributed by atoms with Crippen molar-refractivity contribution in [1.82, 2.24) is 20.3 Å². The van der Waals surface area contributed by atoms with Crippen LogP contribution in [-0.2, 0) is 0 Å². The summed E-state index contributed by atoms with van der Waals surface area (Å²) in [7, 11) is 2.92. The molecule has 188 valence electrons. The number of aromatic nitrogens is 3. The number of hydrogen-bond donors (Lipinski definition) is 3. The number of methoxy groups -OCH3 is 2. The number of carbonyl (C=O) groups excluding carboxylic acids is 1. The van der Waals surface area contributed by atoms with Crippen molar-refractivity contribution < 1.29 is 19.0 Å². The van der Waals surface area contributed by atoms with Gasteiger partial charge in [0.2, 0.25) is 17.7 Å². The average molecular weight is 501 g/mol. The standard InChI is InChI=1S/C24H32N6O4S/c1-7-25-10-11-26-23-29-21(32-5)19(22(30-23)33-6)28-20(31)17-13-35-24(27-17)34-18-12-16(14(2)3)9-8-15(18)4/h8-9,12-14,25H,7,10-11H2,1-6H3,(H,28,31)(H,26,29,30). The largest absolute Gasteiger partial charge is 0.479 e. The van der Waals surface area contributed by atoms with Gasteiger partial charge in [0, 0.05) is 18.5 Å². The zero-order valence-electron chi connectivity index (χ0n) is 20.9. The summed E-state index contributed by atoms with van der Waals surface area (Å²) in [6.07, 6.45) is 0. The first kappa shape index (κ1) is 26.2. The second-order valence-electron chi connectivity index (χ2n) is 7.96. The van der Waals surface area contributed by atoms with Crippen molar-refractivity contribution in [2.24, 2.45) is 0 Å². The molecule has 2 aromatic heterocycles. The van der Waals surface area contributed by atoms with Crippen LogP contribution < -0.4 is 30.2 Å². The molecule has 2 heterocycles. The first-order valence-corrected chi connectivity index (χ1v) is 12.2. The Morgan fingerprint density at radius 2 is 1.80 bits per heavy atom. The van der Waals surface area contributed by atoms with Crippen molar-refractivity contribution in [3.8, 4) is 22.7 Å².